The van der Waals surface area contributed by atoms with E-state index in [1.165, 1.54) is 36.3 Å². The highest BCUT2D eigenvalue weighted by Gasteiger charge is 2.14. The highest BCUT2D eigenvalue weighted by Crippen LogP contribution is 2.22. The average Bonchev–Trinajstić information content (AvgIpc) is 2.54. The lowest BCUT2D eigenvalue weighted by molar-refractivity contribution is 0.642. The minimum absolute atomic E-state index is 1.00. The molecule has 1 aromatic heterocycles. The lowest BCUT2D eigenvalue weighted by atomic mass is 10.0. The van der Waals surface area contributed by atoms with Gasteiger partial charge in [0.1, 0.15) is 0 Å². The van der Waals surface area contributed by atoms with Gasteiger partial charge < -0.3 is 4.57 Å². The van der Waals surface area contributed by atoms with E-state index in [1.807, 2.05) is 13.8 Å². The van der Waals surface area contributed by atoms with Gasteiger partial charge in [-0.25, -0.2) is 0 Å². The number of aryl methyl sites for hydroxylation is 1. The van der Waals surface area contributed by atoms with E-state index < -0.39 is 0 Å². The lowest BCUT2D eigenvalue weighted by Crippen LogP contribution is -2.14. The van der Waals surface area contributed by atoms with Gasteiger partial charge in [-0.1, -0.05) is 11.3 Å². The van der Waals surface area contributed by atoms with Gasteiger partial charge in [0, 0.05) is 23.3 Å². The van der Waals surface area contributed by atoms with Crippen molar-refractivity contribution in [1.82, 2.24) is 4.57 Å². The topological polar surface area (TPSA) is 29.6 Å². The van der Waals surface area contributed by atoms with Gasteiger partial charge in [0.25, 0.3) is 0 Å². The normalized spacial score (nSPS) is 16.3. The third-order valence-corrected chi connectivity index (χ3v) is 3.86. The zero-order chi connectivity index (χ0) is 10.8. The van der Waals surface area contributed by atoms with Crippen LogP contribution in [0.3, 0.4) is 0 Å². The second-order valence-corrected chi connectivity index (χ2v) is 5.23. The Hall–Kier alpha value is -0.900. The smallest absolute Gasteiger partial charge is 0.210 e. The minimum Gasteiger partial charge on any atom is -0.322 e. The van der Waals surface area contributed by atoms with Gasteiger partial charge in [-0.15, -0.1) is 5.10 Å². The summed E-state index contributed by atoms with van der Waals surface area (Å²) in [4.78, 5) is 2.54. The summed E-state index contributed by atoms with van der Waals surface area (Å²) in [7, 11) is 2.10. The number of fused-ring (bicyclic) bond motifs is 1. The summed E-state index contributed by atoms with van der Waals surface area (Å²) in [5.41, 5.74) is 2.47. The summed E-state index contributed by atoms with van der Waals surface area (Å²) >= 11 is 1.79. The molecule has 1 aromatic rings. The van der Waals surface area contributed by atoms with Crippen LogP contribution in [0.5, 0.6) is 0 Å². The molecular formula is C11H17N3S. The molecule has 0 spiro atoms. The summed E-state index contributed by atoms with van der Waals surface area (Å²) in [6.45, 7) is 3.94. The van der Waals surface area contributed by atoms with E-state index in [0.29, 0.717) is 0 Å². The average molecular weight is 223 g/mol. The van der Waals surface area contributed by atoms with Crippen molar-refractivity contribution in [3.63, 3.8) is 0 Å². The molecule has 0 unspecified atom stereocenters. The second kappa shape index (κ2) is 4.31. The summed E-state index contributed by atoms with van der Waals surface area (Å²) in [5, 5.41) is 8.41. The van der Waals surface area contributed by atoms with Crippen molar-refractivity contribution >= 4 is 17.0 Å². The van der Waals surface area contributed by atoms with E-state index in [-0.39, 0.29) is 0 Å². The molecule has 3 nitrogen and oxygen atoms in total. The summed E-state index contributed by atoms with van der Waals surface area (Å²) in [6.07, 6.45) is 5.06. The van der Waals surface area contributed by atoms with Crippen LogP contribution in [0.1, 0.15) is 37.3 Å². The van der Waals surface area contributed by atoms with Crippen molar-refractivity contribution in [3.8, 4) is 0 Å². The van der Waals surface area contributed by atoms with Crippen LogP contribution < -0.4 is 4.80 Å². The Kier molecular flexibility index (Phi) is 3.05. The number of rotatable bonds is 1. The predicted molar refractivity (Wildman–Crippen MR) is 64.3 cm³/mol. The zero-order valence-electron chi connectivity index (χ0n) is 9.58. The van der Waals surface area contributed by atoms with Crippen molar-refractivity contribution < 1.29 is 0 Å². The molecule has 4 heteroatoms. The molecule has 0 saturated heterocycles. The Morgan fingerprint density at radius 2 is 2.00 bits per heavy atom. The SMILES string of the molecule is CC(C)=NN=c1sc2c(n1C)CCCC2. The third kappa shape index (κ3) is 2.20. The maximum atomic E-state index is 4.28. The van der Waals surface area contributed by atoms with Crippen LogP contribution in [0, 0.1) is 0 Å². The predicted octanol–water partition coefficient (Wildman–Crippen LogP) is 2.26. The van der Waals surface area contributed by atoms with E-state index in [0.717, 1.165) is 10.5 Å². The molecule has 1 aliphatic carbocycles. The van der Waals surface area contributed by atoms with E-state index >= 15 is 0 Å². The molecule has 0 radical (unpaired) electrons. The number of hydrogen-bond donors (Lipinski definition) is 0. The van der Waals surface area contributed by atoms with Crippen molar-refractivity contribution in [3.05, 3.63) is 15.4 Å². The van der Waals surface area contributed by atoms with E-state index in [9.17, 15) is 0 Å². The maximum Gasteiger partial charge on any atom is 0.210 e. The first-order valence-electron chi connectivity index (χ1n) is 5.41. The Morgan fingerprint density at radius 3 is 2.67 bits per heavy atom. The van der Waals surface area contributed by atoms with Gasteiger partial charge >= 0.3 is 0 Å². The standard InChI is InChI=1S/C11H17N3S/c1-8(2)12-13-11-14(3)9-6-4-5-7-10(9)15-11/h4-7H2,1-3H3. The first kappa shape index (κ1) is 10.6. The van der Waals surface area contributed by atoms with Gasteiger partial charge in [0.2, 0.25) is 4.80 Å². The lowest BCUT2D eigenvalue weighted by Gasteiger charge is -2.10. The first-order chi connectivity index (χ1) is 7.18. The molecule has 1 aliphatic rings. The Bertz CT molecular complexity index is 447. The summed E-state index contributed by atoms with van der Waals surface area (Å²) < 4.78 is 2.20. The van der Waals surface area contributed by atoms with Crippen molar-refractivity contribution in [2.24, 2.45) is 17.3 Å². The minimum atomic E-state index is 1.00. The van der Waals surface area contributed by atoms with Crippen LogP contribution in [0.2, 0.25) is 0 Å². The number of thiazole rings is 1. The Labute approximate surface area is 94.2 Å². The second-order valence-electron chi connectivity index (χ2n) is 4.17. The van der Waals surface area contributed by atoms with Crippen molar-refractivity contribution in [1.29, 1.82) is 0 Å². The molecule has 0 fully saturated rings. The molecule has 0 bridgehead atoms. The zero-order valence-corrected chi connectivity index (χ0v) is 10.4. The van der Waals surface area contributed by atoms with Gasteiger partial charge in [0.05, 0.1) is 0 Å². The number of aromatic nitrogens is 1. The largest absolute Gasteiger partial charge is 0.322 e. The monoisotopic (exact) mass is 223 g/mol. The summed E-state index contributed by atoms with van der Waals surface area (Å²) in [5.74, 6) is 0. The molecule has 2 rings (SSSR count). The Balaban J connectivity index is 2.46. The van der Waals surface area contributed by atoms with Gasteiger partial charge in [-0.2, -0.15) is 5.10 Å². The van der Waals surface area contributed by atoms with Crippen molar-refractivity contribution in [2.75, 3.05) is 0 Å². The molecule has 1 heterocycles. The third-order valence-electron chi connectivity index (χ3n) is 2.63. The highest BCUT2D eigenvalue weighted by molar-refractivity contribution is 7.09. The van der Waals surface area contributed by atoms with Gasteiger partial charge in [0.15, 0.2) is 0 Å². The number of hydrogen-bond acceptors (Lipinski definition) is 3. The Morgan fingerprint density at radius 1 is 1.27 bits per heavy atom. The molecule has 0 atom stereocenters. The van der Waals surface area contributed by atoms with Crippen LogP contribution in [0.4, 0.5) is 0 Å². The van der Waals surface area contributed by atoms with E-state index in [1.54, 1.807) is 11.3 Å². The molecule has 0 aliphatic heterocycles. The first-order valence-corrected chi connectivity index (χ1v) is 6.22. The summed E-state index contributed by atoms with van der Waals surface area (Å²) in [6, 6.07) is 0. The van der Waals surface area contributed by atoms with E-state index in [2.05, 4.69) is 21.8 Å². The quantitative estimate of drug-likeness (QED) is 0.516. The molecule has 0 N–H and O–H groups in total. The molecule has 82 valence electrons. The highest BCUT2D eigenvalue weighted by atomic mass is 32.1. The van der Waals surface area contributed by atoms with Crippen LogP contribution in [-0.4, -0.2) is 10.3 Å². The number of nitrogens with zero attached hydrogens (tertiary/aromatic N) is 3. The molecule has 0 aromatic carbocycles. The van der Waals surface area contributed by atoms with Crippen LogP contribution in [0.25, 0.3) is 0 Å². The molecular weight excluding hydrogens is 206 g/mol. The van der Waals surface area contributed by atoms with Crippen LogP contribution in [0.15, 0.2) is 10.2 Å². The fraction of sp³-hybridized carbons (Fsp3) is 0.636. The van der Waals surface area contributed by atoms with Gasteiger partial charge in [-0.3, -0.25) is 0 Å². The van der Waals surface area contributed by atoms with E-state index in [4.69, 9.17) is 0 Å². The van der Waals surface area contributed by atoms with Crippen LogP contribution >= 0.6 is 11.3 Å². The molecule has 0 saturated carbocycles. The van der Waals surface area contributed by atoms with Crippen LogP contribution in [-0.2, 0) is 19.9 Å². The van der Waals surface area contributed by atoms with Crippen molar-refractivity contribution in [2.45, 2.75) is 39.5 Å². The van der Waals surface area contributed by atoms with Gasteiger partial charge in [-0.05, 0) is 39.5 Å². The molecule has 0 amide bonds. The molecule has 15 heavy (non-hydrogen) atoms. The fourth-order valence-corrected chi connectivity index (χ4v) is 3.00. The fourth-order valence-electron chi connectivity index (χ4n) is 1.85. The maximum absolute atomic E-state index is 4.28.